The van der Waals surface area contributed by atoms with Gasteiger partial charge in [0.1, 0.15) is 5.58 Å². The summed E-state index contributed by atoms with van der Waals surface area (Å²) in [7, 11) is 0. The summed E-state index contributed by atoms with van der Waals surface area (Å²) in [4.78, 5) is 17.7. The lowest BCUT2D eigenvalue weighted by atomic mass is 9.98. The predicted molar refractivity (Wildman–Crippen MR) is 101 cm³/mol. The van der Waals surface area contributed by atoms with Crippen LogP contribution in [0.4, 0.5) is 0 Å². The summed E-state index contributed by atoms with van der Waals surface area (Å²) in [5.74, 6) is 0. The van der Waals surface area contributed by atoms with Crippen molar-refractivity contribution in [1.29, 1.82) is 0 Å². The molecule has 5 rings (SSSR count). The molecule has 0 spiro atoms. The zero-order chi connectivity index (χ0) is 16.8. The number of hydrogen-bond acceptors (Lipinski definition) is 3. The molecule has 0 fully saturated rings. The Morgan fingerprint density at radius 3 is 2.20 bits per heavy atom. The van der Waals surface area contributed by atoms with Gasteiger partial charge in [-0.1, -0.05) is 66.7 Å². The lowest BCUT2D eigenvalue weighted by Crippen LogP contribution is -2.03. The SMILES string of the molecule is O=c1oc2ccccc2c2c(-c3ccccc3)nc3ccccc3c12. The van der Waals surface area contributed by atoms with Crippen LogP contribution in [0.2, 0.25) is 0 Å². The Kier molecular flexibility index (Phi) is 2.94. The Balaban J connectivity index is 2.13. The quantitative estimate of drug-likeness (QED) is 0.316. The third kappa shape index (κ3) is 2.06. The second-order valence-electron chi connectivity index (χ2n) is 5.98. The number of nitrogens with zero attached hydrogens (tertiary/aromatic N) is 1. The zero-order valence-corrected chi connectivity index (χ0v) is 13.3. The summed E-state index contributed by atoms with van der Waals surface area (Å²) in [5.41, 5.74) is 2.82. The van der Waals surface area contributed by atoms with Gasteiger partial charge in [-0.2, -0.15) is 0 Å². The number of hydrogen-bond donors (Lipinski definition) is 0. The molecule has 0 aliphatic carbocycles. The van der Waals surface area contributed by atoms with E-state index in [1.54, 1.807) is 0 Å². The van der Waals surface area contributed by atoms with Crippen molar-refractivity contribution in [2.24, 2.45) is 0 Å². The van der Waals surface area contributed by atoms with E-state index in [1.807, 2.05) is 78.9 Å². The van der Waals surface area contributed by atoms with Crippen LogP contribution >= 0.6 is 0 Å². The highest BCUT2D eigenvalue weighted by atomic mass is 16.4. The third-order valence-corrected chi connectivity index (χ3v) is 4.50. The molecular formula is C22H13NO2. The maximum Gasteiger partial charge on any atom is 0.344 e. The monoisotopic (exact) mass is 323 g/mol. The Labute approximate surface area is 143 Å². The smallest absolute Gasteiger partial charge is 0.344 e. The molecule has 0 amide bonds. The first-order valence-corrected chi connectivity index (χ1v) is 8.12. The second-order valence-corrected chi connectivity index (χ2v) is 5.98. The van der Waals surface area contributed by atoms with Crippen molar-refractivity contribution in [2.45, 2.75) is 0 Å². The summed E-state index contributed by atoms with van der Waals surface area (Å²) in [6.45, 7) is 0. The minimum absolute atomic E-state index is 0.329. The van der Waals surface area contributed by atoms with E-state index >= 15 is 0 Å². The summed E-state index contributed by atoms with van der Waals surface area (Å²) in [5, 5.41) is 3.14. The lowest BCUT2D eigenvalue weighted by Gasteiger charge is -2.11. The molecule has 5 aromatic rings. The molecule has 2 aromatic heterocycles. The molecule has 3 nitrogen and oxygen atoms in total. The molecule has 0 bridgehead atoms. The predicted octanol–water partition coefficient (Wildman–Crippen LogP) is 5.16. The van der Waals surface area contributed by atoms with E-state index in [0.717, 1.165) is 32.9 Å². The molecule has 0 atom stereocenters. The van der Waals surface area contributed by atoms with Gasteiger partial charge in [0.05, 0.1) is 16.6 Å². The minimum Gasteiger partial charge on any atom is -0.422 e. The zero-order valence-electron chi connectivity index (χ0n) is 13.3. The molecule has 0 radical (unpaired) electrons. The van der Waals surface area contributed by atoms with Crippen molar-refractivity contribution < 1.29 is 4.42 Å². The molecule has 0 saturated heterocycles. The summed E-state index contributed by atoms with van der Waals surface area (Å²) in [6.07, 6.45) is 0. The van der Waals surface area contributed by atoms with Crippen LogP contribution in [0.15, 0.2) is 88.1 Å². The average Bonchev–Trinajstić information content (AvgIpc) is 2.67. The third-order valence-electron chi connectivity index (χ3n) is 4.50. The first kappa shape index (κ1) is 13.9. The molecule has 118 valence electrons. The number of para-hydroxylation sites is 2. The number of pyridine rings is 1. The van der Waals surface area contributed by atoms with Crippen molar-refractivity contribution in [3.63, 3.8) is 0 Å². The van der Waals surface area contributed by atoms with Crippen molar-refractivity contribution >= 4 is 32.6 Å². The second kappa shape index (κ2) is 5.28. The van der Waals surface area contributed by atoms with Gasteiger partial charge in [-0.3, -0.25) is 0 Å². The highest BCUT2D eigenvalue weighted by molar-refractivity contribution is 6.19. The van der Waals surface area contributed by atoms with Crippen molar-refractivity contribution in [3.8, 4) is 11.3 Å². The molecule has 3 aromatic carbocycles. The van der Waals surface area contributed by atoms with E-state index in [-0.39, 0.29) is 5.63 Å². The van der Waals surface area contributed by atoms with Crippen LogP contribution in [0.1, 0.15) is 0 Å². The molecule has 25 heavy (non-hydrogen) atoms. The first-order chi connectivity index (χ1) is 12.3. The van der Waals surface area contributed by atoms with Crippen molar-refractivity contribution in [2.75, 3.05) is 0 Å². The molecule has 0 saturated carbocycles. The van der Waals surface area contributed by atoms with Crippen molar-refractivity contribution in [1.82, 2.24) is 4.98 Å². The number of aromatic nitrogens is 1. The van der Waals surface area contributed by atoms with E-state index in [2.05, 4.69) is 0 Å². The van der Waals surface area contributed by atoms with Gasteiger partial charge in [0.25, 0.3) is 0 Å². The summed E-state index contributed by atoms with van der Waals surface area (Å²) >= 11 is 0. The number of rotatable bonds is 1. The van der Waals surface area contributed by atoms with E-state index in [0.29, 0.717) is 11.0 Å². The van der Waals surface area contributed by atoms with Crippen LogP contribution in [-0.4, -0.2) is 4.98 Å². The lowest BCUT2D eigenvalue weighted by molar-refractivity contribution is 0.570. The van der Waals surface area contributed by atoms with Gasteiger partial charge >= 0.3 is 5.63 Å². The van der Waals surface area contributed by atoms with E-state index in [9.17, 15) is 4.79 Å². The molecule has 0 unspecified atom stereocenters. The van der Waals surface area contributed by atoms with Crippen LogP contribution in [0.5, 0.6) is 0 Å². The van der Waals surface area contributed by atoms with Crippen molar-refractivity contribution in [3.05, 3.63) is 89.3 Å². The fraction of sp³-hybridized carbons (Fsp3) is 0. The maximum atomic E-state index is 12.8. The van der Waals surface area contributed by atoms with Gasteiger partial charge in [0, 0.05) is 21.7 Å². The molecule has 0 aliphatic heterocycles. The largest absolute Gasteiger partial charge is 0.422 e. The number of benzene rings is 3. The summed E-state index contributed by atoms with van der Waals surface area (Å²) < 4.78 is 5.59. The normalized spacial score (nSPS) is 11.4. The topological polar surface area (TPSA) is 43.1 Å². The first-order valence-electron chi connectivity index (χ1n) is 8.12. The van der Waals surface area contributed by atoms with E-state index < -0.39 is 0 Å². The van der Waals surface area contributed by atoms with Gasteiger partial charge in [-0.15, -0.1) is 0 Å². The highest BCUT2D eigenvalue weighted by Gasteiger charge is 2.17. The van der Waals surface area contributed by atoms with Gasteiger partial charge in [0.2, 0.25) is 0 Å². The molecule has 0 aliphatic rings. The van der Waals surface area contributed by atoms with Crippen LogP contribution < -0.4 is 5.63 Å². The molecule has 2 heterocycles. The highest BCUT2D eigenvalue weighted by Crippen LogP contribution is 2.35. The fourth-order valence-corrected chi connectivity index (χ4v) is 3.40. The Hall–Kier alpha value is -3.46. The molecule has 3 heteroatoms. The maximum absolute atomic E-state index is 12.8. The minimum atomic E-state index is -0.329. The number of fused-ring (bicyclic) bond motifs is 5. The Morgan fingerprint density at radius 1 is 0.680 bits per heavy atom. The molecule has 0 N–H and O–H groups in total. The average molecular weight is 323 g/mol. The fourth-order valence-electron chi connectivity index (χ4n) is 3.40. The standard InChI is InChI=1S/C22H13NO2/c24-22-20-15-10-4-6-12-17(15)23-21(14-8-2-1-3-9-14)19(20)16-11-5-7-13-18(16)25-22/h1-13H. The Morgan fingerprint density at radius 2 is 1.36 bits per heavy atom. The van der Waals surface area contributed by atoms with E-state index in [4.69, 9.17) is 9.40 Å². The van der Waals surface area contributed by atoms with Crippen LogP contribution in [0.25, 0.3) is 43.9 Å². The Bertz CT molecular complexity index is 1300. The van der Waals surface area contributed by atoms with Gasteiger partial charge in [0.15, 0.2) is 0 Å². The van der Waals surface area contributed by atoms with Crippen LogP contribution in [-0.2, 0) is 0 Å². The van der Waals surface area contributed by atoms with Crippen LogP contribution in [0, 0.1) is 0 Å². The molecular weight excluding hydrogens is 310 g/mol. The van der Waals surface area contributed by atoms with Crippen LogP contribution in [0.3, 0.4) is 0 Å². The summed E-state index contributed by atoms with van der Waals surface area (Å²) in [6, 6.07) is 25.3. The van der Waals surface area contributed by atoms with E-state index in [1.165, 1.54) is 0 Å². The van der Waals surface area contributed by atoms with Gasteiger partial charge in [-0.05, 0) is 12.1 Å². The van der Waals surface area contributed by atoms with Gasteiger partial charge in [-0.25, -0.2) is 9.78 Å². The van der Waals surface area contributed by atoms with Gasteiger partial charge < -0.3 is 4.42 Å².